The van der Waals surface area contributed by atoms with Crippen LogP contribution in [0, 0.1) is 0 Å². The minimum absolute atomic E-state index is 0. The summed E-state index contributed by atoms with van der Waals surface area (Å²) in [5.74, 6) is 0. The van der Waals surface area contributed by atoms with Crippen LogP contribution in [0.2, 0.25) is 0 Å². The first-order chi connectivity index (χ1) is 9.00. The molecular formula is C12H24INaO6. The van der Waals surface area contributed by atoms with Gasteiger partial charge in [-0.25, -0.2) is 0 Å². The normalized spacial score (nSPS) is 21.6. The summed E-state index contributed by atoms with van der Waals surface area (Å²) < 4.78 is 32.0. The van der Waals surface area contributed by atoms with Gasteiger partial charge in [-0.15, -0.1) is 0 Å². The van der Waals surface area contributed by atoms with Crippen LogP contribution < -0.4 is 53.5 Å². The van der Waals surface area contributed by atoms with Crippen molar-refractivity contribution in [3.63, 3.8) is 0 Å². The average molecular weight is 414 g/mol. The summed E-state index contributed by atoms with van der Waals surface area (Å²) in [6.07, 6.45) is 0. The molecule has 1 aliphatic heterocycles. The second kappa shape index (κ2) is 20.5. The maximum absolute atomic E-state index is 5.33. The topological polar surface area (TPSA) is 55.4 Å². The smallest absolute Gasteiger partial charge is 1.00 e. The first-order valence-corrected chi connectivity index (χ1v) is 6.46. The van der Waals surface area contributed by atoms with Crippen LogP contribution in [0.3, 0.4) is 0 Å². The zero-order valence-corrected chi connectivity index (χ0v) is 16.5. The Morgan fingerprint density at radius 1 is 0.300 bits per heavy atom. The largest absolute Gasteiger partial charge is 1.00 e. The molecule has 0 unspecified atom stereocenters. The summed E-state index contributed by atoms with van der Waals surface area (Å²) in [5.41, 5.74) is 0. The van der Waals surface area contributed by atoms with E-state index in [2.05, 4.69) is 0 Å². The third kappa shape index (κ3) is 17.5. The van der Waals surface area contributed by atoms with Crippen LogP contribution in [0.1, 0.15) is 0 Å². The number of rotatable bonds is 0. The zero-order chi connectivity index (χ0) is 12.7. The van der Waals surface area contributed by atoms with Gasteiger partial charge >= 0.3 is 29.6 Å². The van der Waals surface area contributed by atoms with Crippen LogP contribution in [0.25, 0.3) is 0 Å². The van der Waals surface area contributed by atoms with Crippen LogP contribution in [0.4, 0.5) is 0 Å². The molecule has 0 aromatic carbocycles. The van der Waals surface area contributed by atoms with E-state index in [-0.39, 0.29) is 53.5 Å². The number of hydrogen-bond donors (Lipinski definition) is 0. The standard InChI is InChI=1S/C12H24O6.HI.Na/c1-2-14-5-6-16-9-10-18-12-11-17-8-7-15-4-3-13-1;;/h1-12H2;1H;/q;;+1/p-1. The molecule has 0 atom stereocenters. The minimum atomic E-state index is 0. The van der Waals surface area contributed by atoms with E-state index in [0.29, 0.717) is 79.3 Å². The molecule has 1 aliphatic rings. The summed E-state index contributed by atoms with van der Waals surface area (Å²) in [6.45, 7) is 7.04. The first-order valence-electron chi connectivity index (χ1n) is 6.46. The molecule has 0 N–H and O–H groups in total. The van der Waals surface area contributed by atoms with E-state index in [1.54, 1.807) is 0 Å². The minimum Gasteiger partial charge on any atom is -1.00 e. The van der Waals surface area contributed by atoms with Gasteiger partial charge in [0.15, 0.2) is 0 Å². The second-order valence-electron chi connectivity index (χ2n) is 3.67. The Morgan fingerprint density at radius 2 is 0.400 bits per heavy atom. The van der Waals surface area contributed by atoms with Gasteiger partial charge in [0.1, 0.15) is 0 Å². The number of halogens is 1. The zero-order valence-electron chi connectivity index (χ0n) is 12.3. The van der Waals surface area contributed by atoms with E-state index in [1.165, 1.54) is 0 Å². The molecule has 0 amide bonds. The SMILES string of the molecule is C1COCCOCCOCCOCCOCCO1.[I-].[Na+]. The molecule has 116 valence electrons. The fourth-order valence-corrected chi connectivity index (χ4v) is 1.32. The first kappa shape index (κ1) is 23.8. The molecular weight excluding hydrogens is 390 g/mol. The maximum atomic E-state index is 5.33. The van der Waals surface area contributed by atoms with Gasteiger partial charge in [-0.2, -0.15) is 0 Å². The van der Waals surface area contributed by atoms with Gasteiger partial charge in [0, 0.05) is 0 Å². The molecule has 0 radical (unpaired) electrons. The molecule has 1 fully saturated rings. The van der Waals surface area contributed by atoms with E-state index in [4.69, 9.17) is 28.4 Å². The Bertz CT molecular complexity index is 103. The fourth-order valence-electron chi connectivity index (χ4n) is 1.32. The van der Waals surface area contributed by atoms with Crippen molar-refractivity contribution >= 4 is 0 Å². The molecule has 8 heteroatoms. The molecule has 6 nitrogen and oxygen atoms in total. The molecule has 0 saturated carbocycles. The molecule has 0 aliphatic carbocycles. The van der Waals surface area contributed by atoms with E-state index in [9.17, 15) is 0 Å². The predicted octanol–water partition coefficient (Wildman–Crippen LogP) is -5.89. The number of ether oxygens (including phenoxy) is 6. The van der Waals surface area contributed by atoms with E-state index in [1.807, 2.05) is 0 Å². The van der Waals surface area contributed by atoms with Crippen LogP contribution in [0.5, 0.6) is 0 Å². The number of hydrogen-bond acceptors (Lipinski definition) is 6. The van der Waals surface area contributed by atoms with Gasteiger partial charge in [-0.1, -0.05) is 0 Å². The monoisotopic (exact) mass is 414 g/mol. The van der Waals surface area contributed by atoms with E-state index < -0.39 is 0 Å². The van der Waals surface area contributed by atoms with Crippen LogP contribution in [-0.2, 0) is 28.4 Å². The third-order valence-electron chi connectivity index (χ3n) is 2.23. The Hall–Kier alpha value is 1.49. The van der Waals surface area contributed by atoms with Crippen molar-refractivity contribution in [3.8, 4) is 0 Å². The van der Waals surface area contributed by atoms with Crippen LogP contribution >= 0.6 is 0 Å². The molecule has 1 rings (SSSR count). The Labute approximate surface area is 160 Å². The van der Waals surface area contributed by atoms with Gasteiger partial charge in [0.05, 0.1) is 79.3 Å². The summed E-state index contributed by atoms with van der Waals surface area (Å²) in [7, 11) is 0. The van der Waals surface area contributed by atoms with Gasteiger partial charge in [-0.05, 0) is 0 Å². The average Bonchev–Trinajstić information content (AvgIpc) is 2.39. The Kier molecular flexibility index (Phi) is 24.3. The molecule has 0 bridgehead atoms. The molecule has 0 aromatic heterocycles. The van der Waals surface area contributed by atoms with E-state index in [0.717, 1.165) is 0 Å². The van der Waals surface area contributed by atoms with Gasteiger partial charge < -0.3 is 52.4 Å². The molecule has 20 heavy (non-hydrogen) atoms. The van der Waals surface area contributed by atoms with Crippen LogP contribution in [-0.4, -0.2) is 79.3 Å². The Balaban J connectivity index is 0. The summed E-state index contributed by atoms with van der Waals surface area (Å²) in [6, 6.07) is 0. The van der Waals surface area contributed by atoms with Gasteiger partial charge in [0.2, 0.25) is 0 Å². The summed E-state index contributed by atoms with van der Waals surface area (Å²) in [4.78, 5) is 0. The predicted molar refractivity (Wildman–Crippen MR) is 64.9 cm³/mol. The Morgan fingerprint density at radius 3 is 0.500 bits per heavy atom. The van der Waals surface area contributed by atoms with Crippen molar-refractivity contribution in [2.75, 3.05) is 79.3 Å². The fraction of sp³-hybridized carbons (Fsp3) is 1.00. The van der Waals surface area contributed by atoms with Crippen molar-refractivity contribution in [1.29, 1.82) is 0 Å². The molecule has 0 aromatic rings. The molecule has 1 heterocycles. The van der Waals surface area contributed by atoms with Crippen molar-refractivity contribution < 1.29 is 82.0 Å². The summed E-state index contributed by atoms with van der Waals surface area (Å²) in [5, 5.41) is 0. The van der Waals surface area contributed by atoms with Crippen molar-refractivity contribution in [1.82, 2.24) is 0 Å². The van der Waals surface area contributed by atoms with Crippen molar-refractivity contribution in [2.24, 2.45) is 0 Å². The van der Waals surface area contributed by atoms with E-state index >= 15 is 0 Å². The maximum Gasteiger partial charge on any atom is 1.00 e. The van der Waals surface area contributed by atoms with Gasteiger partial charge in [0.25, 0.3) is 0 Å². The third-order valence-corrected chi connectivity index (χ3v) is 2.23. The quantitative estimate of drug-likeness (QED) is 0.291. The summed E-state index contributed by atoms with van der Waals surface area (Å²) >= 11 is 0. The van der Waals surface area contributed by atoms with Gasteiger partial charge in [-0.3, -0.25) is 0 Å². The second-order valence-corrected chi connectivity index (χ2v) is 3.67. The van der Waals surface area contributed by atoms with Crippen LogP contribution in [0.15, 0.2) is 0 Å². The van der Waals surface area contributed by atoms with Crippen molar-refractivity contribution in [2.45, 2.75) is 0 Å². The van der Waals surface area contributed by atoms with Crippen molar-refractivity contribution in [3.05, 3.63) is 0 Å². The molecule has 0 spiro atoms. The molecule has 1 saturated heterocycles.